The van der Waals surface area contributed by atoms with Gasteiger partial charge in [-0.25, -0.2) is 0 Å². The molecule has 102 valence electrons. The molecule has 0 aliphatic carbocycles. The van der Waals surface area contributed by atoms with E-state index < -0.39 is 0 Å². The van der Waals surface area contributed by atoms with Crippen molar-refractivity contribution < 1.29 is 4.79 Å². The van der Waals surface area contributed by atoms with Crippen LogP contribution in [0.15, 0.2) is 53.0 Å². The smallest absolute Gasteiger partial charge is 0.228 e. The van der Waals surface area contributed by atoms with Gasteiger partial charge in [0.1, 0.15) is 4.99 Å². The van der Waals surface area contributed by atoms with Crippen LogP contribution in [-0.4, -0.2) is 10.9 Å². The summed E-state index contributed by atoms with van der Waals surface area (Å²) < 4.78 is 0.858. The molecule has 0 radical (unpaired) electrons. The zero-order valence-electron chi connectivity index (χ0n) is 10.6. The zero-order chi connectivity index (χ0) is 14.5. The highest BCUT2D eigenvalue weighted by Gasteiger charge is 2.06. The molecular weight excluding hydrogens is 336 g/mol. The number of rotatable bonds is 4. The van der Waals surface area contributed by atoms with Crippen molar-refractivity contribution in [2.75, 3.05) is 5.32 Å². The molecule has 2 aromatic carbocycles. The summed E-state index contributed by atoms with van der Waals surface area (Å²) in [6, 6.07) is 14.9. The molecule has 0 unspecified atom stereocenters. The van der Waals surface area contributed by atoms with E-state index >= 15 is 0 Å². The van der Waals surface area contributed by atoms with Gasteiger partial charge in [0.2, 0.25) is 5.91 Å². The summed E-state index contributed by atoms with van der Waals surface area (Å²) in [5, 5.41) is 2.86. The lowest BCUT2D eigenvalue weighted by Gasteiger charge is -2.07. The number of anilines is 1. The molecule has 20 heavy (non-hydrogen) atoms. The molecule has 0 saturated heterocycles. The summed E-state index contributed by atoms with van der Waals surface area (Å²) in [4.78, 5) is 12.3. The second-order valence-electron chi connectivity index (χ2n) is 4.27. The monoisotopic (exact) mass is 348 g/mol. The normalized spacial score (nSPS) is 10.1. The van der Waals surface area contributed by atoms with Crippen LogP contribution in [0.3, 0.4) is 0 Å². The maximum absolute atomic E-state index is 12.0. The molecular formula is C15H13BrN2OS. The van der Waals surface area contributed by atoms with Gasteiger partial charge in [-0.15, -0.1) is 0 Å². The first-order valence-corrected chi connectivity index (χ1v) is 7.19. The minimum absolute atomic E-state index is 0.0695. The minimum atomic E-state index is -0.0695. The first-order valence-electron chi connectivity index (χ1n) is 5.99. The van der Waals surface area contributed by atoms with Crippen molar-refractivity contribution in [1.29, 1.82) is 0 Å². The van der Waals surface area contributed by atoms with Gasteiger partial charge >= 0.3 is 0 Å². The van der Waals surface area contributed by atoms with E-state index in [9.17, 15) is 4.79 Å². The second-order valence-corrected chi connectivity index (χ2v) is 5.56. The first kappa shape index (κ1) is 14.7. The fraction of sp³-hybridized carbons (Fsp3) is 0.0667. The third-order valence-electron chi connectivity index (χ3n) is 2.75. The number of halogens is 1. The Kier molecular flexibility index (Phi) is 4.87. The standard InChI is InChI=1S/C15H13BrN2OS/c16-12-3-1-2-4-13(12)18-14(19)9-10-5-7-11(8-6-10)15(17)20/h1-8H,9H2,(H2,17,20)(H,18,19). The van der Waals surface area contributed by atoms with Crippen molar-refractivity contribution in [2.45, 2.75) is 6.42 Å². The Morgan fingerprint density at radius 1 is 1.15 bits per heavy atom. The third-order valence-corrected chi connectivity index (χ3v) is 3.68. The number of amides is 1. The predicted octanol–water partition coefficient (Wildman–Crippen LogP) is 3.26. The average Bonchev–Trinajstić information content (AvgIpc) is 2.42. The van der Waals surface area contributed by atoms with Crippen molar-refractivity contribution in [3.05, 3.63) is 64.1 Å². The van der Waals surface area contributed by atoms with Crippen molar-refractivity contribution in [3.63, 3.8) is 0 Å². The topological polar surface area (TPSA) is 55.1 Å². The number of carbonyl (C=O) groups excluding carboxylic acids is 1. The van der Waals surface area contributed by atoms with Crippen molar-refractivity contribution in [3.8, 4) is 0 Å². The Labute approximate surface area is 131 Å². The molecule has 0 aliphatic heterocycles. The number of nitrogens with one attached hydrogen (secondary N) is 1. The van der Waals surface area contributed by atoms with Gasteiger partial charge in [0.05, 0.1) is 12.1 Å². The van der Waals surface area contributed by atoms with Crippen LogP contribution in [0.2, 0.25) is 0 Å². The molecule has 0 aliphatic rings. The lowest BCUT2D eigenvalue weighted by Crippen LogP contribution is -2.15. The summed E-state index contributed by atoms with van der Waals surface area (Å²) in [7, 11) is 0. The molecule has 1 amide bonds. The molecule has 2 rings (SSSR count). The number of benzene rings is 2. The van der Waals surface area contributed by atoms with Crippen LogP contribution in [0, 0.1) is 0 Å². The third kappa shape index (κ3) is 3.88. The fourth-order valence-corrected chi connectivity index (χ4v) is 2.25. The van der Waals surface area contributed by atoms with Crippen LogP contribution in [0.1, 0.15) is 11.1 Å². The fourth-order valence-electron chi connectivity index (χ4n) is 1.73. The molecule has 0 heterocycles. The molecule has 0 aromatic heterocycles. The lowest BCUT2D eigenvalue weighted by atomic mass is 10.1. The van der Waals surface area contributed by atoms with Crippen LogP contribution >= 0.6 is 28.1 Å². The highest BCUT2D eigenvalue weighted by Crippen LogP contribution is 2.21. The first-order chi connectivity index (χ1) is 9.56. The molecule has 2 aromatic rings. The van der Waals surface area contributed by atoms with Gasteiger partial charge < -0.3 is 11.1 Å². The number of nitrogens with two attached hydrogens (primary N) is 1. The van der Waals surface area contributed by atoms with Gasteiger partial charge in [-0.3, -0.25) is 4.79 Å². The van der Waals surface area contributed by atoms with E-state index in [1.165, 1.54) is 0 Å². The van der Waals surface area contributed by atoms with Gasteiger partial charge in [0.15, 0.2) is 0 Å². The van der Waals surface area contributed by atoms with Gasteiger partial charge in [0, 0.05) is 10.0 Å². The number of para-hydroxylation sites is 1. The summed E-state index contributed by atoms with van der Waals surface area (Å²) in [5.41, 5.74) is 8.00. The van der Waals surface area contributed by atoms with E-state index in [1.54, 1.807) is 0 Å². The highest BCUT2D eigenvalue weighted by molar-refractivity contribution is 9.10. The number of hydrogen-bond acceptors (Lipinski definition) is 2. The molecule has 0 bridgehead atoms. The molecule has 0 spiro atoms. The Morgan fingerprint density at radius 3 is 2.40 bits per heavy atom. The van der Waals surface area contributed by atoms with E-state index in [0.717, 1.165) is 21.3 Å². The Hall–Kier alpha value is -1.72. The van der Waals surface area contributed by atoms with E-state index in [4.69, 9.17) is 18.0 Å². The van der Waals surface area contributed by atoms with Crippen LogP contribution in [0.5, 0.6) is 0 Å². The van der Waals surface area contributed by atoms with Crippen molar-refractivity contribution in [2.24, 2.45) is 5.73 Å². The van der Waals surface area contributed by atoms with Gasteiger partial charge in [-0.1, -0.05) is 48.6 Å². The number of thiocarbonyl (C=S) groups is 1. The molecule has 3 N–H and O–H groups in total. The summed E-state index contributed by atoms with van der Waals surface area (Å²) in [5.74, 6) is -0.0695. The SMILES string of the molecule is NC(=S)c1ccc(CC(=O)Nc2ccccc2Br)cc1. The van der Waals surface area contributed by atoms with Gasteiger partial charge in [-0.05, 0) is 33.6 Å². The summed E-state index contributed by atoms with van der Waals surface area (Å²) in [6.45, 7) is 0. The van der Waals surface area contributed by atoms with Crippen LogP contribution in [0.4, 0.5) is 5.69 Å². The average molecular weight is 349 g/mol. The van der Waals surface area contributed by atoms with Crippen molar-refractivity contribution >= 4 is 44.7 Å². The predicted molar refractivity (Wildman–Crippen MR) is 88.8 cm³/mol. The molecule has 3 nitrogen and oxygen atoms in total. The van der Waals surface area contributed by atoms with Crippen LogP contribution in [-0.2, 0) is 11.2 Å². The summed E-state index contributed by atoms with van der Waals surface area (Å²) >= 11 is 8.28. The Morgan fingerprint density at radius 2 is 1.80 bits per heavy atom. The van der Waals surface area contributed by atoms with E-state index in [-0.39, 0.29) is 5.91 Å². The van der Waals surface area contributed by atoms with E-state index in [0.29, 0.717) is 11.4 Å². The second kappa shape index (κ2) is 6.63. The molecule has 0 atom stereocenters. The van der Waals surface area contributed by atoms with Gasteiger partial charge in [-0.2, -0.15) is 0 Å². The summed E-state index contributed by atoms with van der Waals surface area (Å²) in [6.07, 6.45) is 0.305. The molecule has 5 heteroatoms. The van der Waals surface area contributed by atoms with E-state index in [2.05, 4.69) is 21.2 Å². The zero-order valence-corrected chi connectivity index (χ0v) is 13.0. The largest absolute Gasteiger partial charge is 0.389 e. The lowest BCUT2D eigenvalue weighted by molar-refractivity contribution is -0.115. The van der Waals surface area contributed by atoms with E-state index in [1.807, 2.05) is 48.5 Å². The Balaban J connectivity index is 2.01. The quantitative estimate of drug-likeness (QED) is 0.833. The van der Waals surface area contributed by atoms with Crippen LogP contribution in [0.25, 0.3) is 0 Å². The minimum Gasteiger partial charge on any atom is -0.389 e. The van der Waals surface area contributed by atoms with Crippen molar-refractivity contribution in [1.82, 2.24) is 0 Å². The molecule has 0 fully saturated rings. The number of hydrogen-bond donors (Lipinski definition) is 2. The Bertz CT molecular complexity index is 641. The highest BCUT2D eigenvalue weighted by atomic mass is 79.9. The number of carbonyl (C=O) groups is 1. The maximum Gasteiger partial charge on any atom is 0.228 e. The van der Waals surface area contributed by atoms with Gasteiger partial charge in [0.25, 0.3) is 0 Å². The maximum atomic E-state index is 12.0. The van der Waals surface area contributed by atoms with Crippen LogP contribution < -0.4 is 11.1 Å². The molecule has 0 saturated carbocycles.